The van der Waals surface area contributed by atoms with E-state index in [9.17, 15) is 13.2 Å². The number of ether oxygens (including phenoxy) is 1. The quantitative estimate of drug-likeness (QED) is 0.846. The van der Waals surface area contributed by atoms with Gasteiger partial charge < -0.3 is 4.74 Å². The highest BCUT2D eigenvalue weighted by atomic mass is 32.2. The van der Waals surface area contributed by atoms with Gasteiger partial charge in [0.05, 0.1) is 12.7 Å². The maximum absolute atomic E-state index is 12.5. The molecule has 0 aliphatic heterocycles. The molecule has 0 spiro atoms. The Kier molecular flexibility index (Phi) is 4.71. The van der Waals surface area contributed by atoms with Crippen molar-refractivity contribution in [2.24, 2.45) is 0 Å². The molecule has 0 unspecified atom stereocenters. The number of nitrogens with one attached hydrogen (secondary N) is 1. The van der Waals surface area contributed by atoms with Crippen molar-refractivity contribution in [3.63, 3.8) is 0 Å². The van der Waals surface area contributed by atoms with Crippen LogP contribution in [0, 0.1) is 0 Å². The van der Waals surface area contributed by atoms with Gasteiger partial charge in [-0.15, -0.1) is 10.2 Å². The number of carbonyl (C=O) groups is 1. The Bertz CT molecular complexity index is 823. The lowest BCUT2D eigenvalue weighted by atomic mass is 9.98. The smallest absolute Gasteiger partial charge is 0.339 e. The summed E-state index contributed by atoms with van der Waals surface area (Å²) in [5.41, 5.74) is -0.270. The van der Waals surface area contributed by atoms with E-state index in [1.54, 1.807) is 6.07 Å². The minimum absolute atomic E-state index is 0.0388. The molecule has 0 atom stereocenters. The summed E-state index contributed by atoms with van der Waals surface area (Å²) in [6, 6.07) is 5.82. The summed E-state index contributed by atoms with van der Waals surface area (Å²) in [5, 5.41) is 8.69. The molecule has 0 fully saturated rings. The second-order valence-corrected chi connectivity index (χ2v) is 8.38. The van der Waals surface area contributed by atoms with Gasteiger partial charge in [-0.3, -0.25) is 4.72 Å². The van der Waals surface area contributed by atoms with Crippen molar-refractivity contribution >= 4 is 32.5 Å². The van der Waals surface area contributed by atoms with E-state index in [4.69, 9.17) is 0 Å². The van der Waals surface area contributed by atoms with Crippen LogP contribution in [0.3, 0.4) is 0 Å². The van der Waals surface area contributed by atoms with Crippen LogP contribution in [0.1, 0.15) is 36.1 Å². The summed E-state index contributed by atoms with van der Waals surface area (Å²) in [4.78, 5) is 11.6. The summed E-state index contributed by atoms with van der Waals surface area (Å²) in [7, 11) is -2.78. The number of hydrogen-bond donors (Lipinski definition) is 1. The number of methoxy groups -OCH3 is 1. The zero-order chi connectivity index (χ0) is 17.3. The van der Waals surface area contributed by atoms with Crippen LogP contribution < -0.4 is 4.72 Å². The SMILES string of the molecule is COC(=O)c1ccccc1S(=O)(=O)Nc1nnc(C(C)(C)C)s1. The van der Waals surface area contributed by atoms with Gasteiger partial charge in [-0.25, -0.2) is 13.2 Å². The molecule has 1 aromatic heterocycles. The van der Waals surface area contributed by atoms with Gasteiger partial charge in [-0.05, 0) is 12.1 Å². The molecule has 1 N–H and O–H groups in total. The summed E-state index contributed by atoms with van der Waals surface area (Å²) in [5.74, 6) is -0.724. The summed E-state index contributed by atoms with van der Waals surface area (Å²) < 4.78 is 32.0. The average Bonchev–Trinajstić information content (AvgIpc) is 2.94. The molecule has 0 saturated heterocycles. The van der Waals surface area contributed by atoms with Crippen molar-refractivity contribution in [3.05, 3.63) is 34.8 Å². The van der Waals surface area contributed by atoms with Gasteiger partial charge in [0.2, 0.25) is 5.13 Å². The molecule has 0 aliphatic rings. The molecule has 2 rings (SSSR count). The number of benzene rings is 1. The third-order valence-corrected chi connectivity index (χ3v) is 5.66. The van der Waals surface area contributed by atoms with Crippen molar-refractivity contribution in [3.8, 4) is 0 Å². The average molecular weight is 355 g/mol. The molecule has 0 radical (unpaired) electrons. The minimum atomic E-state index is -3.97. The predicted octanol–water partition coefficient (Wildman–Crippen LogP) is 2.42. The molecule has 2 aromatic rings. The van der Waals surface area contributed by atoms with Crippen molar-refractivity contribution in [2.75, 3.05) is 11.8 Å². The highest BCUT2D eigenvalue weighted by Crippen LogP contribution is 2.29. The van der Waals surface area contributed by atoms with Crippen LogP contribution in [0.2, 0.25) is 0 Å². The standard InChI is InChI=1S/C14H17N3O4S2/c1-14(2,3)12-15-16-13(22-12)17-23(19,20)10-8-6-5-7-9(10)11(18)21-4/h5-8H,1-4H3,(H,16,17). The van der Waals surface area contributed by atoms with Crippen molar-refractivity contribution < 1.29 is 17.9 Å². The number of sulfonamides is 1. The fraction of sp³-hybridized carbons (Fsp3) is 0.357. The number of nitrogens with zero attached hydrogens (tertiary/aromatic N) is 2. The number of hydrogen-bond acceptors (Lipinski definition) is 7. The lowest BCUT2D eigenvalue weighted by Gasteiger charge is -2.12. The molecular formula is C14H17N3O4S2. The first-order valence-corrected chi connectivity index (χ1v) is 8.99. The lowest BCUT2D eigenvalue weighted by Crippen LogP contribution is -2.17. The van der Waals surface area contributed by atoms with Crippen LogP contribution in [0.4, 0.5) is 5.13 Å². The Morgan fingerprint density at radius 2 is 1.87 bits per heavy atom. The Balaban J connectivity index is 2.37. The first-order chi connectivity index (χ1) is 10.6. The number of anilines is 1. The maximum Gasteiger partial charge on any atom is 0.339 e. The van der Waals surface area contributed by atoms with Crippen LogP contribution in [-0.4, -0.2) is 31.7 Å². The Morgan fingerprint density at radius 1 is 1.22 bits per heavy atom. The first-order valence-electron chi connectivity index (χ1n) is 6.69. The van der Waals surface area contributed by atoms with Crippen LogP contribution in [0.25, 0.3) is 0 Å². The number of rotatable bonds is 4. The normalized spacial score (nSPS) is 12.0. The van der Waals surface area contributed by atoms with Crippen LogP contribution in [0.5, 0.6) is 0 Å². The topological polar surface area (TPSA) is 98.2 Å². The molecule has 23 heavy (non-hydrogen) atoms. The molecule has 0 bridgehead atoms. The van der Waals surface area contributed by atoms with Gasteiger partial charge in [0.1, 0.15) is 9.90 Å². The summed E-state index contributed by atoms with van der Waals surface area (Å²) in [6.07, 6.45) is 0. The molecular weight excluding hydrogens is 338 g/mol. The van der Waals surface area contributed by atoms with E-state index in [-0.39, 0.29) is 21.0 Å². The van der Waals surface area contributed by atoms with Crippen LogP contribution >= 0.6 is 11.3 Å². The summed E-state index contributed by atoms with van der Waals surface area (Å²) in [6.45, 7) is 5.87. The Labute approximate surface area is 138 Å². The van der Waals surface area contributed by atoms with E-state index in [1.165, 1.54) is 25.3 Å². The molecule has 1 aromatic carbocycles. The zero-order valence-electron chi connectivity index (χ0n) is 13.2. The van der Waals surface area contributed by atoms with Gasteiger partial charge >= 0.3 is 5.97 Å². The maximum atomic E-state index is 12.5. The second kappa shape index (κ2) is 6.25. The summed E-state index contributed by atoms with van der Waals surface area (Å²) >= 11 is 1.15. The highest BCUT2D eigenvalue weighted by molar-refractivity contribution is 7.93. The van der Waals surface area contributed by atoms with Crippen LogP contribution in [0.15, 0.2) is 29.2 Å². The van der Waals surface area contributed by atoms with Gasteiger partial charge in [0.15, 0.2) is 0 Å². The number of esters is 1. The molecule has 1 heterocycles. The van der Waals surface area contributed by atoms with E-state index < -0.39 is 16.0 Å². The van der Waals surface area contributed by atoms with Crippen LogP contribution in [-0.2, 0) is 20.2 Å². The third-order valence-electron chi connectivity index (χ3n) is 2.87. The Morgan fingerprint density at radius 3 is 2.43 bits per heavy atom. The third kappa shape index (κ3) is 3.85. The largest absolute Gasteiger partial charge is 0.465 e. The predicted molar refractivity (Wildman–Crippen MR) is 87.2 cm³/mol. The van der Waals surface area contributed by atoms with Gasteiger partial charge in [-0.1, -0.05) is 44.2 Å². The van der Waals surface area contributed by atoms with Gasteiger partial charge in [0.25, 0.3) is 10.0 Å². The molecule has 0 amide bonds. The molecule has 124 valence electrons. The molecule has 9 heteroatoms. The fourth-order valence-electron chi connectivity index (χ4n) is 1.72. The van der Waals surface area contributed by atoms with Crippen molar-refractivity contribution in [1.82, 2.24) is 10.2 Å². The van der Waals surface area contributed by atoms with Crippen molar-refractivity contribution in [2.45, 2.75) is 31.1 Å². The van der Waals surface area contributed by atoms with E-state index in [0.717, 1.165) is 11.3 Å². The highest BCUT2D eigenvalue weighted by Gasteiger charge is 2.25. The monoisotopic (exact) mass is 355 g/mol. The lowest BCUT2D eigenvalue weighted by molar-refractivity contribution is 0.0596. The van der Waals surface area contributed by atoms with E-state index in [2.05, 4.69) is 19.7 Å². The van der Waals surface area contributed by atoms with E-state index in [1.807, 2.05) is 20.8 Å². The first kappa shape index (κ1) is 17.4. The molecule has 0 aliphatic carbocycles. The van der Waals surface area contributed by atoms with Gasteiger partial charge in [0, 0.05) is 5.41 Å². The second-order valence-electron chi connectivity index (χ2n) is 5.76. The van der Waals surface area contributed by atoms with Gasteiger partial charge in [-0.2, -0.15) is 0 Å². The van der Waals surface area contributed by atoms with E-state index in [0.29, 0.717) is 5.01 Å². The number of carbonyl (C=O) groups excluding carboxylic acids is 1. The number of aromatic nitrogens is 2. The van der Waals surface area contributed by atoms with Crippen molar-refractivity contribution in [1.29, 1.82) is 0 Å². The molecule has 7 nitrogen and oxygen atoms in total. The molecule has 0 saturated carbocycles. The minimum Gasteiger partial charge on any atom is -0.465 e. The Hall–Kier alpha value is -2.00. The van der Waals surface area contributed by atoms with E-state index >= 15 is 0 Å². The fourth-order valence-corrected chi connectivity index (χ4v) is 3.94. The zero-order valence-corrected chi connectivity index (χ0v) is 14.8.